The van der Waals surface area contributed by atoms with E-state index in [4.69, 9.17) is 9.68 Å². The molecule has 1 amide bonds. The normalized spacial score (nSPS) is 10.6. The van der Waals surface area contributed by atoms with Crippen LogP contribution in [-0.2, 0) is 11.3 Å². The van der Waals surface area contributed by atoms with Gasteiger partial charge < -0.3 is 4.42 Å². The van der Waals surface area contributed by atoms with E-state index in [9.17, 15) is 4.79 Å². The van der Waals surface area contributed by atoms with Crippen molar-refractivity contribution in [2.45, 2.75) is 6.54 Å². The second-order valence-corrected chi connectivity index (χ2v) is 4.61. The summed E-state index contributed by atoms with van der Waals surface area (Å²) < 4.78 is 5.04. The number of aromatic nitrogens is 4. The van der Waals surface area contributed by atoms with E-state index in [0.29, 0.717) is 16.9 Å². The molecule has 3 rings (SSSR count). The first-order chi connectivity index (χ1) is 11.8. The predicted octanol–water partition coefficient (Wildman–Crippen LogP) is 0.955. The highest BCUT2D eigenvalue weighted by Gasteiger charge is 2.11. The number of carbonyl (C=O) groups excluding carboxylic acids is 1. The van der Waals surface area contributed by atoms with Crippen LogP contribution in [0.5, 0.6) is 0 Å². The summed E-state index contributed by atoms with van der Waals surface area (Å²) in [6, 6.07) is 12.4. The molecule has 0 atom stereocenters. The zero-order chi connectivity index (χ0) is 16.8. The number of amides is 1. The molecule has 118 valence electrons. The van der Waals surface area contributed by atoms with Crippen LogP contribution in [0.25, 0.3) is 11.4 Å². The van der Waals surface area contributed by atoms with Gasteiger partial charge in [0.2, 0.25) is 5.82 Å². The van der Waals surface area contributed by atoms with Crippen LogP contribution in [-0.4, -0.2) is 32.3 Å². The molecule has 0 aliphatic heterocycles. The number of rotatable bonds is 5. The van der Waals surface area contributed by atoms with Crippen molar-refractivity contribution in [1.29, 1.82) is 5.26 Å². The van der Waals surface area contributed by atoms with E-state index in [-0.39, 0.29) is 12.4 Å². The quantitative estimate of drug-likeness (QED) is 0.551. The monoisotopic (exact) mass is 321 g/mol. The number of hydrogen-bond acceptors (Lipinski definition) is 7. The number of carbonyl (C=O) groups is 1. The van der Waals surface area contributed by atoms with Crippen molar-refractivity contribution < 1.29 is 9.21 Å². The number of nitriles is 1. The third-order valence-corrected chi connectivity index (χ3v) is 2.95. The molecule has 2 heterocycles. The predicted molar refractivity (Wildman–Crippen MR) is 82.4 cm³/mol. The molecule has 24 heavy (non-hydrogen) atoms. The van der Waals surface area contributed by atoms with Crippen LogP contribution in [0.2, 0.25) is 0 Å². The highest BCUT2D eigenvalue weighted by molar-refractivity contribution is 5.80. The smallest absolute Gasteiger partial charge is 0.263 e. The molecule has 0 fully saturated rings. The van der Waals surface area contributed by atoms with Gasteiger partial charge in [-0.05, 0) is 29.5 Å². The minimum absolute atomic E-state index is 0.156. The highest BCUT2D eigenvalue weighted by atomic mass is 16.3. The molecule has 1 aromatic carbocycles. The highest BCUT2D eigenvalue weighted by Crippen LogP contribution is 2.17. The van der Waals surface area contributed by atoms with Gasteiger partial charge in [0, 0.05) is 5.56 Å². The lowest BCUT2D eigenvalue weighted by Gasteiger charge is -1.98. The Morgan fingerprint density at radius 3 is 3.04 bits per heavy atom. The number of hydrogen-bond donors (Lipinski definition) is 1. The van der Waals surface area contributed by atoms with E-state index in [1.807, 2.05) is 0 Å². The Hall–Kier alpha value is -3.80. The van der Waals surface area contributed by atoms with Gasteiger partial charge in [-0.2, -0.15) is 15.2 Å². The van der Waals surface area contributed by atoms with Crippen molar-refractivity contribution in [3.63, 3.8) is 0 Å². The van der Waals surface area contributed by atoms with Crippen LogP contribution >= 0.6 is 0 Å². The Morgan fingerprint density at radius 1 is 1.38 bits per heavy atom. The van der Waals surface area contributed by atoms with Gasteiger partial charge in [-0.3, -0.25) is 4.79 Å². The zero-order valence-corrected chi connectivity index (χ0v) is 12.3. The van der Waals surface area contributed by atoms with Crippen molar-refractivity contribution in [1.82, 2.24) is 25.6 Å². The van der Waals surface area contributed by atoms with Crippen molar-refractivity contribution in [3.8, 4) is 17.5 Å². The Kier molecular flexibility index (Phi) is 4.39. The van der Waals surface area contributed by atoms with Crippen LogP contribution in [0.15, 0.2) is 52.2 Å². The third kappa shape index (κ3) is 3.50. The summed E-state index contributed by atoms with van der Waals surface area (Å²) in [5, 5.41) is 24.6. The van der Waals surface area contributed by atoms with E-state index in [2.05, 4.69) is 32.0 Å². The number of benzene rings is 1. The maximum absolute atomic E-state index is 11.8. The molecule has 0 saturated carbocycles. The van der Waals surface area contributed by atoms with Gasteiger partial charge in [0.15, 0.2) is 0 Å². The molecule has 3 aromatic rings. The summed E-state index contributed by atoms with van der Waals surface area (Å²) in [7, 11) is 0. The molecular weight excluding hydrogens is 310 g/mol. The van der Waals surface area contributed by atoms with Crippen LogP contribution in [0.3, 0.4) is 0 Å². The Morgan fingerprint density at radius 2 is 2.25 bits per heavy atom. The lowest BCUT2D eigenvalue weighted by Crippen LogP contribution is -2.24. The van der Waals surface area contributed by atoms with E-state index < -0.39 is 5.91 Å². The van der Waals surface area contributed by atoms with Gasteiger partial charge >= 0.3 is 0 Å². The summed E-state index contributed by atoms with van der Waals surface area (Å²) >= 11 is 0. The van der Waals surface area contributed by atoms with E-state index in [1.165, 1.54) is 12.5 Å². The molecule has 0 radical (unpaired) electrons. The Balaban J connectivity index is 1.64. The van der Waals surface area contributed by atoms with Gasteiger partial charge in [-0.15, -0.1) is 10.2 Å². The molecule has 9 heteroatoms. The van der Waals surface area contributed by atoms with Crippen molar-refractivity contribution in [3.05, 3.63) is 54.0 Å². The number of hydrazone groups is 1. The number of nitrogens with one attached hydrogen (secondary N) is 1. The fourth-order valence-electron chi connectivity index (χ4n) is 1.89. The van der Waals surface area contributed by atoms with Crippen LogP contribution in [0, 0.1) is 11.3 Å². The average Bonchev–Trinajstić information content (AvgIpc) is 3.27. The van der Waals surface area contributed by atoms with Crippen molar-refractivity contribution in [2.75, 3.05) is 0 Å². The molecule has 0 unspecified atom stereocenters. The van der Waals surface area contributed by atoms with Crippen LogP contribution in [0.1, 0.15) is 11.3 Å². The molecule has 0 aliphatic carbocycles. The number of tetrazole rings is 1. The van der Waals surface area contributed by atoms with E-state index in [0.717, 1.165) is 4.80 Å². The van der Waals surface area contributed by atoms with Crippen LogP contribution < -0.4 is 5.43 Å². The second kappa shape index (κ2) is 6.97. The van der Waals surface area contributed by atoms with E-state index >= 15 is 0 Å². The molecule has 0 aliphatic rings. The fourth-order valence-corrected chi connectivity index (χ4v) is 1.89. The lowest BCUT2D eigenvalue weighted by atomic mass is 10.1. The van der Waals surface area contributed by atoms with Gasteiger partial charge in [0.05, 0.1) is 24.1 Å². The summed E-state index contributed by atoms with van der Waals surface area (Å²) in [5.74, 6) is 0.374. The minimum atomic E-state index is -0.421. The fraction of sp³-hybridized carbons (Fsp3) is 0.0667. The zero-order valence-electron chi connectivity index (χ0n) is 12.3. The minimum Gasteiger partial charge on any atom is -0.463 e. The summed E-state index contributed by atoms with van der Waals surface area (Å²) in [6.45, 7) is -0.156. The largest absolute Gasteiger partial charge is 0.463 e. The first kappa shape index (κ1) is 15.1. The summed E-state index contributed by atoms with van der Waals surface area (Å²) in [6.07, 6.45) is 2.88. The van der Waals surface area contributed by atoms with Crippen molar-refractivity contribution >= 4 is 12.1 Å². The molecular formula is C15H11N7O2. The molecule has 2 aromatic heterocycles. The first-order valence-electron chi connectivity index (χ1n) is 6.89. The summed E-state index contributed by atoms with van der Waals surface area (Å²) in [5.41, 5.74) is 3.32. The van der Waals surface area contributed by atoms with Crippen molar-refractivity contribution in [2.24, 2.45) is 5.10 Å². The molecule has 0 bridgehead atoms. The topological polar surface area (TPSA) is 122 Å². The summed E-state index contributed by atoms with van der Waals surface area (Å²) in [4.78, 5) is 12.9. The lowest BCUT2D eigenvalue weighted by molar-refractivity contribution is -0.122. The van der Waals surface area contributed by atoms with Crippen LogP contribution in [0.4, 0.5) is 0 Å². The molecule has 9 nitrogen and oxygen atoms in total. The maximum atomic E-state index is 11.8. The molecule has 0 saturated heterocycles. The Bertz CT molecular complexity index is 906. The maximum Gasteiger partial charge on any atom is 0.263 e. The molecule has 1 N–H and O–H groups in total. The second-order valence-electron chi connectivity index (χ2n) is 4.61. The van der Waals surface area contributed by atoms with Gasteiger partial charge in [0.25, 0.3) is 5.91 Å². The van der Waals surface area contributed by atoms with Gasteiger partial charge in [0.1, 0.15) is 12.3 Å². The first-order valence-corrected chi connectivity index (χ1v) is 6.89. The standard InChI is InChI=1S/C15H11N7O2/c16-8-11-4-1-2-6-13(11)15-19-21-22(20-15)10-14(23)18-17-9-12-5-3-7-24-12/h1-7,9H,10H2,(H,18,23)/b17-9-. The van der Waals surface area contributed by atoms with Gasteiger partial charge in [-0.25, -0.2) is 5.43 Å². The molecule has 0 spiro atoms. The number of nitrogens with zero attached hydrogens (tertiary/aromatic N) is 6. The third-order valence-electron chi connectivity index (χ3n) is 2.95. The average molecular weight is 321 g/mol. The Labute approximate surface area is 136 Å². The number of furan rings is 1. The van der Waals surface area contributed by atoms with Gasteiger partial charge in [-0.1, -0.05) is 12.1 Å². The SMILES string of the molecule is N#Cc1ccccc1-c1nnn(CC(=O)N/N=C\c2ccco2)n1. The van der Waals surface area contributed by atoms with E-state index in [1.54, 1.807) is 36.4 Å².